The second-order valence-electron chi connectivity index (χ2n) is 7.33. The Morgan fingerprint density at radius 2 is 1.05 bits per heavy atom. The maximum Gasteiger partial charge on any atom is 0.670 e. The topological polar surface area (TPSA) is 46.2 Å². The molecule has 0 unspecified atom stereocenters. The summed E-state index contributed by atoms with van der Waals surface area (Å²) in [7, 11) is -6.45. The smallest absolute Gasteiger partial charge is 0.396 e. The third kappa shape index (κ3) is 7.71. The summed E-state index contributed by atoms with van der Waals surface area (Å²) < 4.78 is 198. The van der Waals surface area contributed by atoms with Crippen LogP contribution in [0.15, 0.2) is 0 Å². The molecule has 0 N–H and O–H groups in total. The first-order chi connectivity index (χ1) is 16.6. The summed E-state index contributed by atoms with van der Waals surface area (Å²) >= 11 is 0. The van der Waals surface area contributed by atoms with Gasteiger partial charge >= 0.3 is 44.8 Å². The monoisotopic (exact) mass is 614 g/mol. The van der Waals surface area contributed by atoms with E-state index in [9.17, 15) is 57.1 Å². The highest BCUT2D eigenvalue weighted by atomic mass is 28.4. The van der Waals surface area contributed by atoms with Gasteiger partial charge in [0.2, 0.25) is 0 Å². The predicted molar refractivity (Wildman–Crippen MR) is 105 cm³/mol. The molecule has 0 amide bonds. The Bertz CT molecular complexity index is 685. The molecule has 224 valence electrons. The van der Waals surface area contributed by atoms with Gasteiger partial charge < -0.3 is 21.8 Å². The predicted octanol–water partition coefficient (Wildman–Crippen LogP) is 5.86. The Morgan fingerprint density at radius 3 is 1.43 bits per heavy atom. The zero-order chi connectivity index (χ0) is 29.6. The first-order valence-electron chi connectivity index (χ1n) is 10.7. The van der Waals surface area contributed by atoms with Crippen LogP contribution in [0.1, 0.15) is 47.0 Å². The first-order valence-corrected chi connectivity index (χ1v) is 13.5. The highest BCUT2D eigenvalue weighted by molar-refractivity contribution is 6.59. The van der Waals surface area contributed by atoms with E-state index in [0.717, 1.165) is 0 Å². The van der Waals surface area contributed by atoms with Crippen LogP contribution in [-0.2, 0) is 21.8 Å². The summed E-state index contributed by atoms with van der Waals surface area (Å²) in [6.45, 7) is 4.03. The fourth-order valence-corrected chi connectivity index (χ4v) is 6.42. The average Bonchev–Trinajstić information content (AvgIpc) is 2.75. The highest BCUT2D eigenvalue weighted by Crippen LogP contribution is 2.60. The Hall–Kier alpha value is -0.676. The quantitative estimate of drug-likeness (QED) is 0.143. The summed E-state index contributed by atoms with van der Waals surface area (Å²) in [6, 6.07) is 0. The van der Waals surface area contributed by atoms with E-state index in [4.69, 9.17) is 21.8 Å². The van der Waals surface area contributed by atoms with Gasteiger partial charge in [-0.1, -0.05) is 13.8 Å². The van der Waals surface area contributed by atoms with Crippen LogP contribution in [0.2, 0.25) is 0 Å². The molecule has 0 saturated carbocycles. The lowest BCUT2D eigenvalue weighted by atomic mass is 9.93. The Balaban J connectivity index is 5.82. The van der Waals surface area contributed by atoms with Crippen molar-refractivity contribution in [2.75, 3.05) is 19.8 Å². The maximum atomic E-state index is 14.0. The van der Waals surface area contributed by atoms with E-state index in [2.05, 4.69) is 0 Å². The normalized spacial score (nSPS) is 15.4. The van der Waals surface area contributed by atoms with E-state index < -0.39 is 67.9 Å². The Morgan fingerprint density at radius 1 is 0.622 bits per heavy atom. The minimum Gasteiger partial charge on any atom is -0.396 e. The van der Waals surface area contributed by atoms with Crippen molar-refractivity contribution >= 4 is 19.1 Å². The molecule has 0 aliphatic carbocycles. The van der Waals surface area contributed by atoms with E-state index in [1.165, 1.54) is 13.8 Å². The number of halogens is 13. The molecule has 5 nitrogen and oxygen atoms in total. The summed E-state index contributed by atoms with van der Waals surface area (Å²) in [5, 5.41) is 0. The van der Waals surface area contributed by atoms with Crippen LogP contribution in [0, 0.1) is 0 Å². The van der Waals surface area contributed by atoms with Gasteiger partial charge in [-0.2, -0.15) is 57.1 Å². The second kappa shape index (κ2) is 13.1. The van der Waals surface area contributed by atoms with Crippen molar-refractivity contribution in [3.05, 3.63) is 0 Å². The van der Waals surface area contributed by atoms with Gasteiger partial charge in [-0.05, 0) is 26.7 Å². The molecule has 0 fully saturated rings. The van der Waals surface area contributed by atoms with Crippen LogP contribution in [0.3, 0.4) is 0 Å². The molecule has 0 heterocycles. The van der Waals surface area contributed by atoms with Gasteiger partial charge in [-0.25, -0.2) is 0 Å². The molecular formula is C17H27F13O5Si2. The van der Waals surface area contributed by atoms with Crippen LogP contribution in [0.25, 0.3) is 0 Å². The van der Waals surface area contributed by atoms with E-state index in [1.807, 2.05) is 0 Å². The average molecular weight is 615 g/mol. The zero-order valence-corrected chi connectivity index (χ0v) is 22.4. The van der Waals surface area contributed by atoms with Crippen molar-refractivity contribution in [2.24, 2.45) is 0 Å². The molecule has 0 bridgehead atoms. The second-order valence-corrected chi connectivity index (χ2v) is 10.9. The number of rotatable bonds is 18. The van der Waals surface area contributed by atoms with E-state index >= 15 is 0 Å². The molecular weight excluding hydrogens is 587 g/mol. The molecule has 0 rings (SSSR count). The van der Waals surface area contributed by atoms with Crippen LogP contribution in [0.5, 0.6) is 0 Å². The van der Waals surface area contributed by atoms with Gasteiger partial charge in [-0.3, -0.25) is 0 Å². The summed E-state index contributed by atoms with van der Waals surface area (Å²) in [5.74, 6) is -37.3. The number of alkyl halides is 13. The summed E-state index contributed by atoms with van der Waals surface area (Å²) in [5.41, 5.74) is 0. The van der Waals surface area contributed by atoms with Gasteiger partial charge in [0.25, 0.3) is 10.0 Å². The SMILES string of the molecule is CCO[Si](OCC)(OCCC(F)(F)C(F)(F)C(F)(F)C(F)(F)C(F)(F)C(F)(F)F)O[SiH2]OC(CC)CC. The van der Waals surface area contributed by atoms with Gasteiger partial charge in [0, 0.05) is 32.3 Å². The molecule has 0 atom stereocenters. The Labute approximate surface area is 207 Å². The molecule has 0 aliphatic rings. The lowest BCUT2D eigenvalue weighted by Crippen LogP contribution is -2.70. The summed E-state index contributed by atoms with van der Waals surface area (Å²) in [6.07, 6.45) is -9.22. The summed E-state index contributed by atoms with van der Waals surface area (Å²) in [4.78, 5) is 0. The standard InChI is InChI=1S/C17H27F13O5Si2/c1-5-11(6-2)34-36-35-37(31-7-3,32-8-4)33-10-9-12(18,19)13(20,21)14(22,23)15(24,25)16(26,27)17(28,29)30/h11H,5-10,36H2,1-4H3. The number of hydrogen-bond acceptors (Lipinski definition) is 5. The molecule has 0 spiro atoms. The third-order valence-electron chi connectivity index (χ3n) is 4.79. The Kier molecular flexibility index (Phi) is 12.9. The van der Waals surface area contributed by atoms with Crippen molar-refractivity contribution in [1.82, 2.24) is 0 Å². The van der Waals surface area contributed by atoms with Crippen molar-refractivity contribution in [2.45, 2.75) is 88.9 Å². The van der Waals surface area contributed by atoms with E-state index in [1.54, 1.807) is 13.8 Å². The van der Waals surface area contributed by atoms with E-state index in [-0.39, 0.29) is 19.3 Å². The van der Waals surface area contributed by atoms with Crippen molar-refractivity contribution in [3.8, 4) is 0 Å². The molecule has 0 aliphatic heterocycles. The number of hydrogen-bond donors (Lipinski definition) is 0. The van der Waals surface area contributed by atoms with Crippen LogP contribution in [0.4, 0.5) is 57.1 Å². The fourth-order valence-electron chi connectivity index (χ4n) is 2.59. The molecule has 0 radical (unpaired) electrons. The van der Waals surface area contributed by atoms with Gasteiger partial charge in [0.1, 0.15) is 0 Å². The molecule has 0 aromatic carbocycles. The van der Waals surface area contributed by atoms with Gasteiger partial charge in [-0.15, -0.1) is 0 Å². The first kappa shape index (κ1) is 36.3. The molecule has 37 heavy (non-hydrogen) atoms. The van der Waals surface area contributed by atoms with Crippen molar-refractivity contribution in [1.29, 1.82) is 0 Å². The minimum absolute atomic E-state index is 0.255. The largest absolute Gasteiger partial charge is 0.670 e. The van der Waals surface area contributed by atoms with Gasteiger partial charge in [0.05, 0.1) is 0 Å². The molecule has 0 aromatic rings. The van der Waals surface area contributed by atoms with Crippen molar-refractivity contribution in [3.63, 3.8) is 0 Å². The van der Waals surface area contributed by atoms with Crippen LogP contribution in [-0.4, -0.2) is 80.8 Å². The molecule has 0 aromatic heterocycles. The zero-order valence-electron chi connectivity index (χ0n) is 20.0. The van der Waals surface area contributed by atoms with E-state index in [0.29, 0.717) is 12.8 Å². The highest BCUT2D eigenvalue weighted by Gasteiger charge is 2.90. The van der Waals surface area contributed by atoms with Crippen LogP contribution < -0.4 is 0 Å². The minimum atomic E-state index is -7.96. The lowest BCUT2D eigenvalue weighted by molar-refractivity contribution is -0.440. The lowest BCUT2D eigenvalue weighted by Gasteiger charge is -2.39. The molecule has 20 heteroatoms. The molecule has 0 saturated heterocycles. The van der Waals surface area contributed by atoms with Crippen LogP contribution >= 0.6 is 0 Å². The fraction of sp³-hybridized carbons (Fsp3) is 1.00. The van der Waals surface area contributed by atoms with Gasteiger partial charge in [0.15, 0.2) is 0 Å². The third-order valence-corrected chi connectivity index (χ3v) is 9.12. The van der Waals surface area contributed by atoms with Crippen molar-refractivity contribution < 1.29 is 78.9 Å². The maximum absolute atomic E-state index is 14.0.